The van der Waals surface area contributed by atoms with E-state index in [9.17, 15) is 9.90 Å². The Balaban J connectivity index is 4.05. The summed E-state index contributed by atoms with van der Waals surface area (Å²) in [4.78, 5) is 12.4. The van der Waals surface area contributed by atoms with Crippen LogP contribution in [-0.2, 0) is 9.53 Å². The molecule has 0 bridgehead atoms. The Hall–Kier alpha value is -0.610. The highest BCUT2D eigenvalue weighted by molar-refractivity contribution is 5.72. The van der Waals surface area contributed by atoms with E-state index in [-0.39, 0.29) is 25.1 Å². The minimum atomic E-state index is -0.966. The SMILES string of the molecule is CCCCCCCCCCC(CCCCCCCC)C(=O)OCC(O)CO. The van der Waals surface area contributed by atoms with Crippen LogP contribution in [0.1, 0.15) is 117 Å². The Kier molecular flexibility index (Phi) is 19.7. The summed E-state index contributed by atoms with van der Waals surface area (Å²) in [6.45, 7) is 3.99. The smallest absolute Gasteiger partial charge is 0.309 e. The van der Waals surface area contributed by atoms with Crippen LogP contribution < -0.4 is 0 Å². The van der Waals surface area contributed by atoms with Crippen molar-refractivity contribution < 1.29 is 19.7 Å². The third kappa shape index (κ3) is 17.2. The van der Waals surface area contributed by atoms with E-state index in [1.54, 1.807) is 0 Å². The van der Waals surface area contributed by atoms with Gasteiger partial charge < -0.3 is 14.9 Å². The fraction of sp³-hybridized carbons (Fsp3) is 0.957. The molecule has 0 fully saturated rings. The molecule has 0 saturated heterocycles. The van der Waals surface area contributed by atoms with Crippen molar-refractivity contribution in [2.75, 3.05) is 13.2 Å². The molecule has 2 N–H and O–H groups in total. The minimum Gasteiger partial charge on any atom is -0.463 e. The normalized spacial score (nSPS) is 13.5. The quantitative estimate of drug-likeness (QED) is 0.205. The Morgan fingerprint density at radius 1 is 0.741 bits per heavy atom. The van der Waals surface area contributed by atoms with Crippen molar-refractivity contribution in [1.29, 1.82) is 0 Å². The Labute approximate surface area is 168 Å². The molecule has 0 spiro atoms. The summed E-state index contributed by atoms with van der Waals surface area (Å²) in [6, 6.07) is 0. The zero-order valence-electron chi connectivity index (χ0n) is 18.1. The third-order valence-corrected chi connectivity index (χ3v) is 5.27. The van der Waals surface area contributed by atoms with E-state index in [0.29, 0.717) is 0 Å². The van der Waals surface area contributed by atoms with Gasteiger partial charge in [-0.25, -0.2) is 0 Å². The number of unbranched alkanes of at least 4 members (excludes halogenated alkanes) is 12. The van der Waals surface area contributed by atoms with Crippen LogP contribution in [0.5, 0.6) is 0 Å². The lowest BCUT2D eigenvalue weighted by molar-refractivity contribution is -0.152. The van der Waals surface area contributed by atoms with Crippen LogP contribution in [0, 0.1) is 5.92 Å². The van der Waals surface area contributed by atoms with Gasteiger partial charge in [0.15, 0.2) is 0 Å². The summed E-state index contributed by atoms with van der Waals surface area (Å²) in [5, 5.41) is 18.3. The molecule has 2 unspecified atom stereocenters. The summed E-state index contributed by atoms with van der Waals surface area (Å²) in [6.07, 6.45) is 18.3. The van der Waals surface area contributed by atoms with E-state index in [1.807, 2.05) is 0 Å². The predicted molar refractivity (Wildman–Crippen MR) is 113 cm³/mol. The second kappa shape index (κ2) is 20.1. The number of rotatable bonds is 20. The number of carbonyl (C=O) groups is 1. The first-order valence-corrected chi connectivity index (χ1v) is 11.6. The average Bonchev–Trinajstić information content (AvgIpc) is 2.68. The van der Waals surface area contributed by atoms with Gasteiger partial charge in [0, 0.05) is 0 Å². The minimum absolute atomic E-state index is 0.0536. The number of ether oxygens (including phenoxy) is 1. The highest BCUT2D eigenvalue weighted by atomic mass is 16.5. The van der Waals surface area contributed by atoms with E-state index < -0.39 is 6.10 Å². The zero-order chi connectivity index (χ0) is 20.2. The van der Waals surface area contributed by atoms with Gasteiger partial charge in [0.2, 0.25) is 0 Å². The van der Waals surface area contributed by atoms with Gasteiger partial charge >= 0.3 is 5.97 Å². The summed E-state index contributed by atoms with van der Waals surface area (Å²) in [5.74, 6) is -0.249. The molecular formula is C23H46O4. The van der Waals surface area contributed by atoms with E-state index in [0.717, 1.165) is 25.7 Å². The van der Waals surface area contributed by atoms with Gasteiger partial charge in [-0.15, -0.1) is 0 Å². The van der Waals surface area contributed by atoms with Crippen molar-refractivity contribution >= 4 is 5.97 Å². The first-order valence-electron chi connectivity index (χ1n) is 11.6. The van der Waals surface area contributed by atoms with Crippen LogP contribution in [0.15, 0.2) is 0 Å². The summed E-state index contributed by atoms with van der Waals surface area (Å²) in [7, 11) is 0. The van der Waals surface area contributed by atoms with Gasteiger partial charge in [-0.05, 0) is 12.8 Å². The lowest BCUT2D eigenvalue weighted by atomic mass is 9.94. The van der Waals surface area contributed by atoms with E-state index >= 15 is 0 Å². The van der Waals surface area contributed by atoms with Crippen molar-refractivity contribution in [2.45, 2.75) is 123 Å². The van der Waals surface area contributed by atoms with Gasteiger partial charge in [-0.3, -0.25) is 4.79 Å². The molecule has 0 aliphatic rings. The third-order valence-electron chi connectivity index (χ3n) is 5.27. The Morgan fingerprint density at radius 2 is 1.15 bits per heavy atom. The molecule has 0 amide bonds. The number of aliphatic hydroxyl groups is 2. The van der Waals surface area contributed by atoms with Crippen molar-refractivity contribution in [3.05, 3.63) is 0 Å². The molecule has 4 heteroatoms. The van der Waals surface area contributed by atoms with Gasteiger partial charge in [-0.2, -0.15) is 0 Å². The van der Waals surface area contributed by atoms with Gasteiger partial charge in [-0.1, -0.05) is 104 Å². The zero-order valence-corrected chi connectivity index (χ0v) is 18.1. The molecule has 0 saturated carbocycles. The lowest BCUT2D eigenvalue weighted by Gasteiger charge is -2.17. The molecule has 0 aromatic rings. The molecule has 0 aromatic heterocycles. The van der Waals surface area contributed by atoms with Crippen LogP contribution >= 0.6 is 0 Å². The fourth-order valence-corrected chi connectivity index (χ4v) is 3.42. The van der Waals surface area contributed by atoms with Gasteiger partial charge in [0.1, 0.15) is 12.7 Å². The molecule has 0 heterocycles. The summed E-state index contributed by atoms with van der Waals surface area (Å²) in [5.41, 5.74) is 0. The molecule has 0 aliphatic heterocycles. The first-order chi connectivity index (χ1) is 13.2. The molecular weight excluding hydrogens is 340 g/mol. The number of hydrogen-bond donors (Lipinski definition) is 2. The predicted octanol–water partition coefficient (Wildman–Crippen LogP) is 5.78. The largest absolute Gasteiger partial charge is 0.463 e. The molecule has 0 aliphatic carbocycles. The number of aliphatic hydroxyl groups excluding tert-OH is 2. The maximum Gasteiger partial charge on any atom is 0.309 e. The molecule has 27 heavy (non-hydrogen) atoms. The molecule has 162 valence electrons. The Bertz CT molecular complexity index is 320. The molecule has 2 atom stereocenters. The number of carbonyl (C=O) groups excluding carboxylic acids is 1. The highest BCUT2D eigenvalue weighted by Crippen LogP contribution is 2.21. The standard InChI is InChI=1S/C23H46O4/c1-3-5-7-9-11-12-14-16-18-21(17-15-13-10-8-6-4-2)23(26)27-20-22(25)19-24/h21-22,24-25H,3-20H2,1-2H3. The molecule has 4 nitrogen and oxygen atoms in total. The first kappa shape index (κ1) is 26.4. The maximum atomic E-state index is 12.4. The van der Waals surface area contributed by atoms with Crippen LogP contribution in [0.3, 0.4) is 0 Å². The topological polar surface area (TPSA) is 66.8 Å². The second-order valence-corrected chi connectivity index (χ2v) is 7.98. The van der Waals surface area contributed by atoms with Crippen LogP contribution in [0.25, 0.3) is 0 Å². The number of esters is 1. The van der Waals surface area contributed by atoms with Crippen molar-refractivity contribution in [2.24, 2.45) is 5.92 Å². The van der Waals surface area contributed by atoms with Crippen molar-refractivity contribution in [3.8, 4) is 0 Å². The molecule has 0 radical (unpaired) electrons. The van der Waals surface area contributed by atoms with Crippen LogP contribution in [0.4, 0.5) is 0 Å². The molecule has 0 rings (SSSR count). The van der Waals surface area contributed by atoms with Crippen LogP contribution in [-0.4, -0.2) is 35.5 Å². The lowest BCUT2D eigenvalue weighted by Crippen LogP contribution is -2.25. The van der Waals surface area contributed by atoms with Gasteiger partial charge in [0.05, 0.1) is 12.5 Å². The van der Waals surface area contributed by atoms with Crippen LogP contribution in [0.2, 0.25) is 0 Å². The van der Waals surface area contributed by atoms with E-state index in [1.165, 1.54) is 77.0 Å². The Morgan fingerprint density at radius 3 is 1.56 bits per heavy atom. The van der Waals surface area contributed by atoms with E-state index in [4.69, 9.17) is 9.84 Å². The van der Waals surface area contributed by atoms with Crippen molar-refractivity contribution in [1.82, 2.24) is 0 Å². The molecule has 0 aromatic carbocycles. The average molecular weight is 387 g/mol. The van der Waals surface area contributed by atoms with Crippen molar-refractivity contribution in [3.63, 3.8) is 0 Å². The monoisotopic (exact) mass is 386 g/mol. The fourth-order valence-electron chi connectivity index (χ4n) is 3.42. The number of hydrogen-bond acceptors (Lipinski definition) is 4. The summed E-state index contributed by atoms with van der Waals surface area (Å²) < 4.78 is 5.23. The maximum absolute atomic E-state index is 12.4. The van der Waals surface area contributed by atoms with E-state index in [2.05, 4.69) is 13.8 Å². The van der Waals surface area contributed by atoms with Gasteiger partial charge in [0.25, 0.3) is 0 Å². The second-order valence-electron chi connectivity index (χ2n) is 7.98. The highest BCUT2D eigenvalue weighted by Gasteiger charge is 2.20. The summed E-state index contributed by atoms with van der Waals surface area (Å²) >= 11 is 0.